The summed E-state index contributed by atoms with van der Waals surface area (Å²) in [6.07, 6.45) is 7.26. The highest BCUT2D eigenvalue weighted by atomic mass is 32.2. The van der Waals surface area contributed by atoms with E-state index in [2.05, 4.69) is 62.5 Å². The van der Waals surface area contributed by atoms with E-state index in [4.69, 9.17) is 22.6 Å². The number of nitrogens with zero attached hydrogens (tertiary/aromatic N) is 6. The van der Waals surface area contributed by atoms with Crippen molar-refractivity contribution in [2.24, 2.45) is 40.9 Å². The number of aromatic amines is 3. The van der Waals surface area contributed by atoms with Gasteiger partial charge in [0.05, 0.1) is 55.7 Å². The quantitative estimate of drug-likeness (QED) is 0.0200. The number of amides is 14. The lowest BCUT2D eigenvalue weighted by atomic mass is 9.84. The fourth-order valence-electron chi connectivity index (χ4n) is 18.2. The Morgan fingerprint density at radius 1 is 0.559 bits per heavy atom. The van der Waals surface area contributed by atoms with Crippen LogP contribution in [-0.4, -0.2) is 287 Å². The average molecular weight is 1900 g/mol. The van der Waals surface area contributed by atoms with Gasteiger partial charge in [-0.2, -0.15) is 0 Å². The number of guanidine groups is 1. The first-order valence-electron chi connectivity index (χ1n) is 46.9. The van der Waals surface area contributed by atoms with Crippen molar-refractivity contribution in [2.45, 2.75) is 255 Å². The summed E-state index contributed by atoms with van der Waals surface area (Å²) >= 11 is 0.866. The number of aliphatic hydroxyl groups is 1. The molecule has 0 bridgehead atoms. The van der Waals surface area contributed by atoms with Crippen LogP contribution < -0.4 is 59.7 Å². The van der Waals surface area contributed by atoms with Crippen LogP contribution in [-0.2, 0) is 107 Å². The highest BCUT2D eigenvalue weighted by Gasteiger charge is 2.51. The van der Waals surface area contributed by atoms with Crippen molar-refractivity contribution in [3.63, 3.8) is 0 Å². The standard InChI is InChI=1S/C96H135N21O18S/c1-10-12-32-76-80(120)44-59(27-23-37-102-96(99)100)87(127)112-74(79(119)35-36-82(97)122)52-136-53-85(125)107-70(39-57-24-15-14-16-25-57)92(132)114(7)56(5)86(126)108-72(46-83(98)123)94(134)117-75-34-22-17-26-58(75)43-78(117)81(121)45-60(40-63-49-101-54-105-63)88(128)109-69(38-55(3)4)91(131)113(6)50-84(124)106-68(41-61-47-103-66-30-20-18-28-64(61)66)89(129)111-73(51-118)90(130)110-71(42-62-48-104-67-31-21-19-29-65(62)67)93(133)116(9)77(33-13-11-2)95(135)115(76)8/h14-16,18-21,24-25,28-31,47-49,54-56,58-60,68-78,103-104,118H,10-13,17,22-23,26-27,32-46,50-53H2,1-9H3,(H2,97,122)(H2,98,123)(H,101,105)(H,106,124)(H,107,125)(H,108,126)(H,109,128)(H,110,130)(H,111,129)(H,112,127)(H4,99,100,102)/t56-,58?,59+,60+,68-,69-,70-,71-,72-,73-,74-,75?,76-,77-,78?/m0/s1. The van der Waals surface area contributed by atoms with Gasteiger partial charge in [-0.1, -0.05) is 133 Å². The number of benzene rings is 3. The SMILES string of the molecule is CCCC[C@H]1C(=O)N(C)[C@@H](CCCC)C(=O)C[C@@H](CCCNC(=N)N)C(=O)N[C@H](C(=O)CCC(N)=O)CSCC(=O)N[C@@H](Cc2ccccc2)C(=O)N(C)[C@@H](C)C(=O)N[C@@H](CC(N)=O)C(=O)N2C(CC3CCCCC32)C(=O)C[C@@H](Cc2cnc[nH]2)C(=O)N[C@@H](CC(C)C)C(=O)N(C)CC(=O)N[C@@H](Cc2c[nH]c3ccccc23)C(=O)N[C@@H](CO)C(=O)N[C@@H](Cc2c[nH]c3ccccc23)C(=O)N1C. The molecule has 2 aliphatic heterocycles. The number of carbonyl (C=O) groups is 17. The number of ketones is 3. The second-order valence-corrected chi connectivity index (χ2v) is 37.5. The van der Waals surface area contributed by atoms with Gasteiger partial charge in [-0.15, -0.1) is 11.8 Å². The number of primary amides is 2. The molecule has 1 saturated carbocycles. The molecule has 39 nitrogen and oxygen atoms in total. The average Bonchev–Trinajstić information content (AvgIpc) is 1.62. The fraction of sp³-hybridized carbons (Fsp3) is 0.552. The van der Waals surface area contributed by atoms with Crippen LogP contribution in [0.4, 0.5) is 0 Å². The van der Waals surface area contributed by atoms with Crippen LogP contribution in [0.2, 0.25) is 0 Å². The summed E-state index contributed by atoms with van der Waals surface area (Å²) in [6, 6.07) is 6.20. The summed E-state index contributed by atoms with van der Waals surface area (Å²) in [5.74, 6) is -18.0. The summed E-state index contributed by atoms with van der Waals surface area (Å²) in [5.41, 5.74) is 20.5. The molecule has 0 radical (unpaired) electrons. The second-order valence-electron chi connectivity index (χ2n) is 36.4. The fourth-order valence-corrected chi connectivity index (χ4v) is 19.1. The predicted molar refractivity (Wildman–Crippen MR) is 509 cm³/mol. The number of unbranched alkanes of at least 4 members (excludes halogenated alkanes) is 2. The van der Waals surface area contributed by atoms with E-state index in [1.54, 1.807) is 105 Å². The summed E-state index contributed by atoms with van der Waals surface area (Å²) in [6.45, 7) is 6.98. The Morgan fingerprint density at radius 3 is 1.74 bits per heavy atom. The molecule has 3 aliphatic rings. The maximum atomic E-state index is 15.7. The van der Waals surface area contributed by atoms with Crippen molar-refractivity contribution < 1.29 is 86.6 Å². The zero-order valence-electron chi connectivity index (χ0n) is 79.1. The molecule has 15 atom stereocenters. The van der Waals surface area contributed by atoms with E-state index in [0.717, 1.165) is 28.0 Å². The van der Waals surface area contributed by atoms with Gasteiger partial charge in [-0.25, -0.2) is 4.98 Å². The molecule has 5 heterocycles. The van der Waals surface area contributed by atoms with Gasteiger partial charge in [0.2, 0.25) is 82.7 Å². The smallest absolute Gasteiger partial charge is 0.246 e. The summed E-state index contributed by atoms with van der Waals surface area (Å²) in [4.78, 5) is 272. The van der Waals surface area contributed by atoms with Crippen LogP contribution >= 0.6 is 11.8 Å². The molecule has 19 N–H and O–H groups in total. The highest BCUT2D eigenvalue weighted by Crippen LogP contribution is 2.42. The van der Waals surface area contributed by atoms with E-state index >= 15 is 52.7 Å². The van der Waals surface area contributed by atoms with Crippen molar-refractivity contribution >= 4 is 140 Å². The number of H-pyrrole nitrogens is 3. The number of thioether (sulfide) groups is 1. The van der Waals surface area contributed by atoms with Crippen LogP contribution in [0, 0.1) is 29.1 Å². The number of aliphatic hydroxyl groups excluding tert-OH is 1. The lowest BCUT2D eigenvalue weighted by molar-refractivity contribution is -0.149. The van der Waals surface area contributed by atoms with Crippen molar-refractivity contribution in [3.8, 4) is 0 Å². The van der Waals surface area contributed by atoms with Gasteiger partial charge in [0, 0.05) is 150 Å². The van der Waals surface area contributed by atoms with Gasteiger partial charge < -0.3 is 104 Å². The number of nitrogens with two attached hydrogens (primary N) is 3. The third kappa shape index (κ3) is 30.1. The van der Waals surface area contributed by atoms with E-state index < -0.39 is 235 Å². The molecule has 3 fully saturated rings. The molecular formula is C96H135N21O18S. The Bertz CT molecular complexity index is 5200. The Labute approximate surface area is 795 Å². The number of fused-ring (bicyclic) bond motifs is 5. The summed E-state index contributed by atoms with van der Waals surface area (Å²) in [5, 5.41) is 42.3. The first-order chi connectivity index (χ1) is 64.9. The molecule has 6 aromatic rings. The van der Waals surface area contributed by atoms with E-state index in [0.29, 0.717) is 89.1 Å². The van der Waals surface area contributed by atoms with Gasteiger partial charge >= 0.3 is 0 Å². The van der Waals surface area contributed by atoms with Gasteiger partial charge in [0.15, 0.2) is 23.3 Å². The first kappa shape index (κ1) is 107. The molecule has 14 amide bonds. The van der Waals surface area contributed by atoms with Gasteiger partial charge in [0.25, 0.3) is 0 Å². The topological polar surface area (TPSA) is 585 Å². The highest BCUT2D eigenvalue weighted by molar-refractivity contribution is 8.00. The Hall–Kier alpha value is -12.9. The number of rotatable bonds is 27. The molecule has 3 unspecified atom stereocenters. The predicted octanol–water partition coefficient (Wildman–Crippen LogP) is 2.45. The van der Waals surface area contributed by atoms with Crippen LogP contribution in [0.25, 0.3) is 21.8 Å². The van der Waals surface area contributed by atoms with Crippen LogP contribution in [0.15, 0.2) is 104 Å². The number of Topliss-reactive ketones (excluding diaryl/α,β-unsaturated/α-hetero) is 3. The number of likely N-dealkylation sites (N-methyl/N-ethyl adjacent to an activating group) is 4. The number of hydrogen-bond acceptors (Lipinski definition) is 21. The normalized spacial score (nSPS) is 24.9. The van der Waals surface area contributed by atoms with Gasteiger partial charge in [-0.3, -0.25) is 86.9 Å². The number of imidazole rings is 1. The molecule has 0 spiro atoms. The summed E-state index contributed by atoms with van der Waals surface area (Å²) in [7, 11) is 5.40. The molecule has 9 rings (SSSR count). The first-order valence-corrected chi connectivity index (χ1v) is 48.1. The lowest BCUT2D eigenvalue weighted by Gasteiger charge is -2.36. The molecule has 1 aliphatic carbocycles. The van der Waals surface area contributed by atoms with E-state index in [-0.39, 0.29) is 94.3 Å². The third-order valence-corrected chi connectivity index (χ3v) is 26.8. The van der Waals surface area contributed by atoms with Gasteiger partial charge in [0.1, 0.15) is 48.3 Å². The summed E-state index contributed by atoms with van der Waals surface area (Å²) < 4.78 is 0. The molecule has 738 valence electrons. The molecule has 40 heteroatoms. The van der Waals surface area contributed by atoms with E-state index in [9.17, 15) is 33.9 Å². The maximum Gasteiger partial charge on any atom is 0.246 e. The van der Waals surface area contributed by atoms with Crippen molar-refractivity contribution in [1.29, 1.82) is 5.41 Å². The minimum Gasteiger partial charge on any atom is -0.394 e. The Morgan fingerprint density at radius 2 is 1.12 bits per heavy atom. The Kier molecular flexibility index (Phi) is 40.6. The minimum absolute atomic E-state index is 0.00966. The van der Waals surface area contributed by atoms with Crippen molar-refractivity contribution in [2.75, 3.05) is 59.4 Å². The molecule has 3 aromatic carbocycles. The largest absolute Gasteiger partial charge is 0.394 e. The van der Waals surface area contributed by atoms with Gasteiger partial charge in [-0.05, 0) is 98.9 Å². The van der Waals surface area contributed by atoms with E-state index in [1.165, 1.54) is 62.3 Å². The molecule has 2 saturated heterocycles. The Balaban J connectivity index is 1.10. The lowest BCUT2D eigenvalue weighted by Crippen LogP contribution is -2.60. The monoisotopic (exact) mass is 1900 g/mol. The van der Waals surface area contributed by atoms with Crippen molar-refractivity contribution in [1.82, 2.24) is 87.0 Å². The number of hydrogen-bond donors (Lipinski definition) is 16. The third-order valence-electron chi connectivity index (χ3n) is 25.8. The van der Waals surface area contributed by atoms with Crippen LogP contribution in [0.3, 0.4) is 0 Å². The molecule has 136 heavy (non-hydrogen) atoms. The molecular weight excluding hydrogens is 1770 g/mol. The zero-order chi connectivity index (χ0) is 99.1. The van der Waals surface area contributed by atoms with E-state index in [1.807, 2.05) is 13.8 Å². The number of para-hydroxylation sites is 2. The maximum absolute atomic E-state index is 15.7. The van der Waals surface area contributed by atoms with Crippen LogP contribution in [0.1, 0.15) is 179 Å². The zero-order valence-corrected chi connectivity index (χ0v) is 79.9. The number of carbonyl (C=O) groups excluding carboxylic acids is 17. The molecule has 3 aromatic heterocycles. The van der Waals surface area contributed by atoms with Crippen LogP contribution in [0.5, 0.6) is 0 Å². The number of aromatic nitrogens is 4. The number of nitrogens with one attached hydrogen (secondary N) is 12. The van der Waals surface area contributed by atoms with Crippen molar-refractivity contribution in [3.05, 3.63) is 126 Å². The minimum atomic E-state index is -1.84. The second kappa shape index (κ2) is 51.7.